The smallest absolute Gasteiger partial charge is 0.414 e. The minimum Gasteiger partial charge on any atom is -0.481 e. The summed E-state index contributed by atoms with van der Waals surface area (Å²) in [5.74, 6) is -3.42. The van der Waals surface area contributed by atoms with Gasteiger partial charge in [0.25, 0.3) is 0 Å². The average Bonchev–Trinajstić information content (AvgIpc) is 2.93. The third kappa shape index (κ3) is 3.38. The number of carbonyl (C=O) groups is 3. The summed E-state index contributed by atoms with van der Waals surface area (Å²) in [4.78, 5) is 35.1. The maximum atomic E-state index is 12.0. The van der Waals surface area contributed by atoms with Gasteiger partial charge in [0.2, 0.25) is 5.91 Å². The highest BCUT2D eigenvalue weighted by molar-refractivity contribution is 6.05. The second-order valence-corrected chi connectivity index (χ2v) is 6.04. The van der Waals surface area contributed by atoms with Crippen molar-refractivity contribution in [1.29, 1.82) is 0 Å². The molecule has 2 N–H and O–H groups in total. The lowest BCUT2D eigenvalue weighted by atomic mass is 9.98. The zero-order chi connectivity index (χ0) is 18.0. The molecule has 0 aromatic heterocycles. The average molecular weight is 339 g/mol. The van der Waals surface area contributed by atoms with Crippen LogP contribution < -0.4 is 0 Å². The van der Waals surface area contributed by atoms with Crippen LogP contribution in [0.3, 0.4) is 0 Å². The van der Waals surface area contributed by atoms with Crippen LogP contribution in [-0.4, -0.2) is 39.1 Å². The van der Waals surface area contributed by atoms with Crippen molar-refractivity contribution in [2.24, 2.45) is 5.92 Å². The molecule has 0 aliphatic carbocycles. The Bertz CT molecular complexity index is 800. The number of hydrogen-bond donors (Lipinski definition) is 2. The number of rotatable bonds is 4. The Hall–Kier alpha value is -3.15. The van der Waals surface area contributed by atoms with Crippen LogP contribution in [0.1, 0.15) is 12.0 Å². The molecule has 0 saturated carbocycles. The zero-order valence-corrected chi connectivity index (χ0v) is 13.3. The van der Waals surface area contributed by atoms with E-state index >= 15 is 0 Å². The lowest BCUT2D eigenvalue weighted by molar-refractivity contribution is -0.146. The molecule has 2 aromatic rings. The number of amides is 2. The van der Waals surface area contributed by atoms with Gasteiger partial charge in [0.1, 0.15) is 5.92 Å². The van der Waals surface area contributed by atoms with Gasteiger partial charge in [-0.2, -0.15) is 0 Å². The molecule has 128 valence electrons. The first kappa shape index (κ1) is 16.7. The van der Waals surface area contributed by atoms with Crippen LogP contribution in [-0.2, 0) is 16.0 Å². The second kappa shape index (κ2) is 6.76. The third-order valence-corrected chi connectivity index (χ3v) is 4.45. The van der Waals surface area contributed by atoms with Gasteiger partial charge in [0.15, 0.2) is 0 Å². The van der Waals surface area contributed by atoms with E-state index in [0.717, 1.165) is 16.7 Å². The summed E-state index contributed by atoms with van der Waals surface area (Å²) in [5, 5.41) is 18.3. The van der Waals surface area contributed by atoms with Gasteiger partial charge >= 0.3 is 12.1 Å². The summed E-state index contributed by atoms with van der Waals surface area (Å²) in [6.07, 6.45) is -1.10. The minimum absolute atomic E-state index is 0.000896. The molecule has 25 heavy (non-hydrogen) atoms. The van der Waals surface area contributed by atoms with E-state index in [0.29, 0.717) is 11.3 Å². The number of likely N-dealkylation sites (tertiary alicyclic amines) is 1. The van der Waals surface area contributed by atoms with Gasteiger partial charge in [0, 0.05) is 6.04 Å². The van der Waals surface area contributed by atoms with Crippen LogP contribution in [0.4, 0.5) is 4.79 Å². The summed E-state index contributed by atoms with van der Waals surface area (Å²) in [6.45, 7) is 0. The normalized spacial score (nSPS) is 19.8. The van der Waals surface area contributed by atoms with Crippen molar-refractivity contribution in [2.75, 3.05) is 0 Å². The molecule has 2 atom stereocenters. The van der Waals surface area contributed by atoms with Gasteiger partial charge in [-0.25, -0.2) is 9.69 Å². The number of hydrogen-bond acceptors (Lipinski definition) is 3. The third-order valence-electron chi connectivity index (χ3n) is 4.45. The van der Waals surface area contributed by atoms with Crippen molar-refractivity contribution in [2.45, 2.75) is 18.9 Å². The van der Waals surface area contributed by atoms with Gasteiger partial charge in [-0.1, -0.05) is 54.6 Å². The number of imide groups is 1. The number of aliphatic carboxylic acids is 1. The molecule has 3 rings (SSSR count). The molecule has 1 unspecified atom stereocenters. The summed E-state index contributed by atoms with van der Waals surface area (Å²) in [7, 11) is 0. The molecular formula is C19H17NO5. The Labute approximate surface area is 144 Å². The fraction of sp³-hybridized carbons (Fsp3) is 0.211. The van der Waals surface area contributed by atoms with Crippen molar-refractivity contribution in [3.8, 4) is 11.1 Å². The Morgan fingerprint density at radius 3 is 2.12 bits per heavy atom. The summed E-state index contributed by atoms with van der Waals surface area (Å²) < 4.78 is 0. The fourth-order valence-corrected chi connectivity index (χ4v) is 3.19. The number of carbonyl (C=O) groups excluding carboxylic acids is 1. The van der Waals surface area contributed by atoms with Crippen LogP contribution >= 0.6 is 0 Å². The van der Waals surface area contributed by atoms with E-state index in [4.69, 9.17) is 5.11 Å². The number of carboxylic acid groups (broad SMARTS) is 2. The van der Waals surface area contributed by atoms with Crippen molar-refractivity contribution >= 4 is 18.0 Å². The molecule has 1 heterocycles. The Balaban J connectivity index is 1.78. The molecule has 1 aliphatic heterocycles. The van der Waals surface area contributed by atoms with Crippen molar-refractivity contribution < 1.29 is 24.6 Å². The lowest BCUT2D eigenvalue weighted by Gasteiger charge is -2.19. The highest BCUT2D eigenvalue weighted by Gasteiger charge is 2.46. The number of nitrogens with zero attached hydrogens (tertiary/aromatic N) is 1. The molecule has 0 bridgehead atoms. The highest BCUT2D eigenvalue weighted by atomic mass is 16.4. The van der Waals surface area contributed by atoms with Gasteiger partial charge in [0.05, 0.1) is 0 Å². The van der Waals surface area contributed by atoms with Crippen molar-refractivity contribution in [1.82, 2.24) is 4.90 Å². The molecule has 1 saturated heterocycles. The molecule has 1 aliphatic rings. The van der Waals surface area contributed by atoms with Crippen LogP contribution in [0.15, 0.2) is 54.6 Å². The van der Waals surface area contributed by atoms with Crippen molar-refractivity contribution in [3.63, 3.8) is 0 Å². The second-order valence-electron chi connectivity index (χ2n) is 6.04. The van der Waals surface area contributed by atoms with E-state index in [1.54, 1.807) is 0 Å². The quantitative estimate of drug-likeness (QED) is 0.835. The van der Waals surface area contributed by atoms with E-state index in [9.17, 15) is 19.5 Å². The monoisotopic (exact) mass is 339 g/mol. The minimum atomic E-state index is -1.40. The molecular weight excluding hydrogens is 322 g/mol. The lowest BCUT2D eigenvalue weighted by Crippen LogP contribution is -2.40. The predicted molar refractivity (Wildman–Crippen MR) is 90.0 cm³/mol. The van der Waals surface area contributed by atoms with Gasteiger partial charge in [-0.05, 0) is 29.5 Å². The van der Waals surface area contributed by atoms with Crippen molar-refractivity contribution in [3.05, 3.63) is 60.2 Å². The fourth-order valence-electron chi connectivity index (χ4n) is 3.19. The first-order chi connectivity index (χ1) is 12.0. The van der Waals surface area contributed by atoms with E-state index in [1.165, 1.54) is 0 Å². The molecule has 2 amide bonds. The first-order valence-corrected chi connectivity index (χ1v) is 7.90. The maximum absolute atomic E-state index is 12.0. The Morgan fingerprint density at radius 1 is 0.960 bits per heavy atom. The number of benzene rings is 2. The Morgan fingerprint density at radius 2 is 1.56 bits per heavy atom. The van der Waals surface area contributed by atoms with E-state index in [1.807, 2.05) is 54.6 Å². The maximum Gasteiger partial charge on any atom is 0.414 e. The van der Waals surface area contributed by atoms with Crippen LogP contribution in [0, 0.1) is 5.92 Å². The van der Waals surface area contributed by atoms with Crippen LogP contribution in [0.5, 0.6) is 0 Å². The molecule has 6 heteroatoms. The standard InChI is InChI=1S/C19H17NO5/c21-17-16(18(22)23)11-15(20(17)19(24)25)10-12-6-8-14(9-7-12)13-4-2-1-3-5-13/h1-9,15-16H,10-11H2,(H,22,23)(H,24,25)/t15-,16?/m1/s1. The highest BCUT2D eigenvalue weighted by Crippen LogP contribution is 2.28. The predicted octanol–water partition coefficient (Wildman–Crippen LogP) is 2.88. The molecule has 1 fully saturated rings. The molecule has 0 radical (unpaired) electrons. The van der Waals surface area contributed by atoms with Gasteiger partial charge in [-0.3, -0.25) is 9.59 Å². The first-order valence-electron chi connectivity index (χ1n) is 7.90. The Kier molecular flexibility index (Phi) is 4.52. The topological polar surface area (TPSA) is 94.9 Å². The summed E-state index contributed by atoms with van der Waals surface area (Å²) in [5.41, 5.74) is 2.96. The molecule has 2 aromatic carbocycles. The summed E-state index contributed by atoms with van der Waals surface area (Å²) in [6, 6.07) is 16.8. The van der Waals surface area contributed by atoms with Gasteiger partial charge in [-0.15, -0.1) is 0 Å². The molecule has 6 nitrogen and oxygen atoms in total. The van der Waals surface area contributed by atoms with E-state index < -0.39 is 29.9 Å². The number of carboxylic acids is 1. The summed E-state index contributed by atoms with van der Waals surface area (Å²) >= 11 is 0. The molecule has 0 spiro atoms. The largest absolute Gasteiger partial charge is 0.481 e. The zero-order valence-electron chi connectivity index (χ0n) is 13.3. The van der Waals surface area contributed by atoms with E-state index in [2.05, 4.69) is 0 Å². The van der Waals surface area contributed by atoms with Gasteiger partial charge < -0.3 is 10.2 Å². The van der Waals surface area contributed by atoms with Crippen LogP contribution in [0.25, 0.3) is 11.1 Å². The SMILES string of the molecule is O=C(O)C1C[C@@H](Cc2ccc(-c3ccccc3)cc2)N(C(=O)O)C1=O. The van der Waals surface area contributed by atoms with E-state index in [-0.39, 0.29) is 6.42 Å². The van der Waals surface area contributed by atoms with Crippen LogP contribution in [0.2, 0.25) is 0 Å².